The predicted octanol–water partition coefficient (Wildman–Crippen LogP) is 2.94. The lowest BCUT2D eigenvalue weighted by Gasteiger charge is -2.19. The molecule has 5 rings (SSSR count). The molecule has 1 saturated heterocycles. The number of hydrogen-bond acceptors (Lipinski definition) is 9. The van der Waals surface area contributed by atoms with Crippen molar-refractivity contribution < 1.29 is 18.8 Å². The minimum absolute atomic E-state index is 0.0691. The first-order chi connectivity index (χ1) is 15.5. The van der Waals surface area contributed by atoms with Crippen LogP contribution in [0.4, 0.5) is 5.69 Å². The van der Waals surface area contributed by atoms with E-state index in [1.165, 1.54) is 5.01 Å². The number of hydrogen-bond donors (Lipinski definition) is 0. The van der Waals surface area contributed by atoms with E-state index in [4.69, 9.17) is 9.26 Å². The van der Waals surface area contributed by atoms with Gasteiger partial charge in [0.25, 0.3) is 11.8 Å². The number of carbonyl (C=O) groups is 2. The largest absolute Gasteiger partial charge is 0.494 e. The standard InChI is InChI=1S/C22H20N6O4/c1-3-31-16-9-7-15(8-10-16)28-21(29)18-19(22(28)30)27(26-24-18)12-17-23-20(25-32-17)14-6-4-5-13(2)11-14/h4-11,18-19H,3,12H2,1-2H3. The minimum Gasteiger partial charge on any atom is -0.494 e. The van der Waals surface area contributed by atoms with E-state index in [0.717, 1.165) is 16.0 Å². The molecule has 0 aliphatic carbocycles. The summed E-state index contributed by atoms with van der Waals surface area (Å²) in [7, 11) is 0. The molecule has 162 valence electrons. The number of amides is 2. The fraction of sp³-hybridized carbons (Fsp3) is 0.273. The van der Waals surface area contributed by atoms with E-state index in [-0.39, 0.29) is 12.4 Å². The van der Waals surface area contributed by atoms with Gasteiger partial charge in [0, 0.05) is 5.56 Å². The van der Waals surface area contributed by atoms with E-state index >= 15 is 0 Å². The summed E-state index contributed by atoms with van der Waals surface area (Å²) in [4.78, 5) is 31.5. The van der Waals surface area contributed by atoms with Gasteiger partial charge >= 0.3 is 0 Å². The molecule has 2 amide bonds. The fourth-order valence-electron chi connectivity index (χ4n) is 3.83. The molecule has 1 aromatic heterocycles. The van der Waals surface area contributed by atoms with Crippen LogP contribution in [0.2, 0.25) is 0 Å². The normalized spacial score (nSPS) is 19.7. The molecular formula is C22H20N6O4. The van der Waals surface area contributed by atoms with Gasteiger partial charge < -0.3 is 9.26 Å². The lowest BCUT2D eigenvalue weighted by atomic mass is 10.1. The number of rotatable bonds is 6. The Morgan fingerprint density at radius 2 is 1.91 bits per heavy atom. The maximum absolute atomic E-state index is 13.1. The first kappa shape index (κ1) is 19.9. The van der Waals surface area contributed by atoms with Gasteiger partial charge in [-0.15, -0.1) is 0 Å². The molecule has 2 aromatic carbocycles. The van der Waals surface area contributed by atoms with Gasteiger partial charge in [0.1, 0.15) is 12.3 Å². The molecule has 2 aliphatic heterocycles. The van der Waals surface area contributed by atoms with Crippen LogP contribution in [0.15, 0.2) is 63.4 Å². The number of anilines is 1. The molecule has 2 atom stereocenters. The van der Waals surface area contributed by atoms with Crippen molar-refractivity contribution >= 4 is 17.5 Å². The Labute approximate surface area is 183 Å². The van der Waals surface area contributed by atoms with Gasteiger partial charge in [0.05, 0.1) is 12.3 Å². The summed E-state index contributed by atoms with van der Waals surface area (Å²) in [5.74, 6) is 0.578. The number of aromatic nitrogens is 2. The minimum atomic E-state index is -0.895. The molecule has 0 radical (unpaired) electrons. The van der Waals surface area contributed by atoms with Crippen LogP contribution in [0.25, 0.3) is 11.4 Å². The summed E-state index contributed by atoms with van der Waals surface area (Å²) in [6, 6.07) is 12.8. The van der Waals surface area contributed by atoms with Crippen LogP contribution in [0, 0.1) is 6.92 Å². The number of aryl methyl sites for hydroxylation is 1. The Morgan fingerprint density at radius 1 is 1.09 bits per heavy atom. The van der Waals surface area contributed by atoms with Crippen molar-refractivity contribution in [3.8, 4) is 17.1 Å². The van der Waals surface area contributed by atoms with Crippen LogP contribution >= 0.6 is 0 Å². The smallest absolute Gasteiger partial charge is 0.263 e. The lowest BCUT2D eigenvalue weighted by molar-refractivity contribution is -0.123. The summed E-state index contributed by atoms with van der Waals surface area (Å²) in [6.45, 7) is 4.46. The van der Waals surface area contributed by atoms with Gasteiger partial charge in [-0.2, -0.15) is 10.1 Å². The van der Waals surface area contributed by atoms with Crippen LogP contribution in [0.1, 0.15) is 18.4 Å². The maximum Gasteiger partial charge on any atom is 0.263 e. The van der Waals surface area contributed by atoms with Crippen molar-refractivity contribution in [3.05, 3.63) is 60.0 Å². The fourth-order valence-corrected chi connectivity index (χ4v) is 3.83. The first-order valence-corrected chi connectivity index (χ1v) is 10.2. The monoisotopic (exact) mass is 432 g/mol. The Kier molecular flexibility index (Phi) is 4.89. The highest BCUT2D eigenvalue weighted by molar-refractivity contribution is 6.25. The zero-order valence-corrected chi connectivity index (χ0v) is 17.5. The number of benzene rings is 2. The SMILES string of the molecule is CCOc1ccc(N2C(=O)C3N=NN(Cc4nc(-c5cccc(C)c5)no4)C3C2=O)cc1. The second kappa shape index (κ2) is 7.88. The summed E-state index contributed by atoms with van der Waals surface area (Å²) in [6.07, 6.45) is 0. The molecule has 1 fully saturated rings. The van der Waals surface area contributed by atoms with Crippen molar-refractivity contribution in [2.24, 2.45) is 10.3 Å². The third-order valence-corrected chi connectivity index (χ3v) is 5.31. The molecule has 0 spiro atoms. The van der Waals surface area contributed by atoms with Gasteiger partial charge in [-0.05, 0) is 44.2 Å². The molecular weight excluding hydrogens is 412 g/mol. The molecule has 10 nitrogen and oxygen atoms in total. The van der Waals surface area contributed by atoms with Gasteiger partial charge in [-0.3, -0.25) is 14.6 Å². The summed E-state index contributed by atoms with van der Waals surface area (Å²) in [5, 5.41) is 13.5. The average molecular weight is 432 g/mol. The Morgan fingerprint density at radius 3 is 2.66 bits per heavy atom. The number of fused-ring (bicyclic) bond motifs is 1. The summed E-state index contributed by atoms with van der Waals surface area (Å²) in [5.41, 5.74) is 2.37. The molecule has 0 saturated carbocycles. The predicted molar refractivity (Wildman–Crippen MR) is 113 cm³/mol. The first-order valence-electron chi connectivity index (χ1n) is 10.2. The van der Waals surface area contributed by atoms with E-state index in [2.05, 4.69) is 20.5 Å². The molecule has 2 unspecified atom stereocenters. The summed E-state index contributed by atoms with van der Waals surface area (Å²) < 4.78 is 10.8. The van der Waals surface area contributed by atoms with Crippen molar-refractivity contribution in [1.82, 2.24) is 15.1 Å². The van der Waals surface area contributed by atoms with E-state index < -0.39 is 23.9 Å². The Balaban J connectivity index is 1.34. The zero-order valence-electron chi connectivity index (χ0n) is 17.5. The molecule has 3 aromatic rings. The molecule has 3 heterocycles. The molecule has 10 heteroatoms. The third kappa shape index (κ3) is 3.39. The van der Waals surface area contributed by atoms with Gasteiger partial charge in [-0.25, -0.2) is 4.90 Å². The van der Waals surface area contributed by atoms with Gasteiger partial charge in [0.2, 0.25) is 11.7 Å². The van der Waals surface area contributed by atoms with Crippen LogP contribution in [-0.4, -0.2) is 45.7 Å². The van der Waals surface area contributed by atoms with Crippen molar-refractivity contribution in [2.45, 2.75) is 32.5 Å². The van der Waals surface area contributed by atoms with Gasteiger partial charge in [0.15, 0.2) is 12.1 Å². The molecule has 0 N–H and O–H groups in total. The number of carbonyl (C=O) groups excluding carboxylic acids is 2. The lowest BCUT2D eigenvalue weighted by Crippen LogP contribution is -2.39. The highest BCUT2D eigenvalue weighted by Gasteiger charge is 2.55. The van der Waals surface area contributed by atoms with E-state index in [1.54, 1.807) is 24.3 Å². The van der Waals surface area contributed by atoms with Crippen LogP contribution in [-0.2, 0) is 16.1 Å². The summed E-state index contributed by atoms with van der Waals surface area (Å²) >= 11 is 0. The van der Waals surface area contributed by atoms with Crippen LogP contribution in [0.3, 0.4) is 0 Å². The van der Waals surface area contributed by atoms with Crippen molar-refractivity contribution in [2.75, 3.05) is 11.5 Å². The van der Waals surface area contributed by atoms with E-state index in [0.29, 0.717) is 23.9 Å². The second-order valence-corrected chi connectivity index (χ2v) is 7.51. The quantitative estimate of drug-likeness (QED) is 0.550. The number of imide groups is 1. The molecule has 2 aliphatic rings. The van der Waals surface area contributed by atoms with Crippen LogP contribution in [0.5, 0.6) is 5.75 Å². The Bertz CT molecular complexity index is 1210. The second-order valence-electron chi connectivity index (χ2n) is 7.51. The van der Waals surface area contributed by atoms with Crippen molar-refractivity contribution in [3.63, 3.8) is 0 Å². The molecule has 0 bridgehead atoms. The maximum atomic E-state index is 13.1. The topological polar surface area (TPSA) is 113 Å². The van der Waals surface area contributed by atoms with Crippen LogP contribution < -0.4 is 9.64 Å². The third-order valence-electron chi connectivity index (χ3n) is 5.31. The average Bonchev–Trinajstić information content (AvgIpc) is 3.48. The number of nitrogens with zero attached hydrogens (tertiary/aromatic N) is 6. The zero-order chi connectivity index (χ0) is 22.2. The highest BCUT2D eigenvalue weighted by atomic mass is 16.5. The van der Waals surface area contributed by atoms with E-state index in [1.807, 2.05) is 38.1 Å². The van der Waals surface area contributed by atoms with Gasteiger partial charge in [-0.1, -0.05) is 34.1 Å². The Hall–Kier alpha value is -4.08. The van der Waals surface area contributed by atoms with E-state index in [9.17, 15) is 9.59 Å². The number of ether oxygens (including phenoxy) is 1. The molecule has 32 heavy (non-hydrogen) atoms. The highest BCUT2D eigenvalue weighted by Crippen LogP contribution is 2.33. The van der Waals surface area contributed by atoms with Crippen molar-refractivity contribution in [1.29, 1.82) is 0 Å².